The van der Waals surface area contributed by atoms with Crippen LogP contribution < -0.4 is 4.57 Å². The molecule has 0 fully saturated rings. The molecule has 0 N–H and O–H groups in total. The van der Waals surface area contributed by atoms with Crippen LogP contribution in [0.1, 0.15) is 24.2 Å². The third kappa shape index (κ3) is 4.03. The first-order valence-corrected chi connectivity index (χ1v) is 8.58. The Morgan fingerprint density at radius 2 is 1.91 bits per heavy atom. The molecule has 2 rings (SSSR count). The highest BCUT2D eigenvalue weighted by molar-refractivity contribution is 7.85. The summed E-state index contributed by atoms with van der Waals surface area (Å²) in [5.74, 6) is 0.287. The van der Waals surface area contributed by atoms with Gasteiger partial charge >= 0.3 is 6.18 Å². The average Bonchev–Trinajstić information content (AvgIpc) is 2.65. The number of hydrogen-bond donors (Lipinski definition) is 0. The predicted octanol–water partition coefficient (Wildman–Crippen LogP) is 2.12. The molecule has 2 aromatic rings. The number of aromatic nitrogens is 2. The Morgan fingerprint density at radius 3 is 2.48 bits per heavy atom. The van der Waals surface area contributed by atoms with Crippen LogP contribution in [0.5, 0.6) is 0 Å². The van der Waals surface area contributed by atoms with Crippen molar-refractivity contribution in [3.05, 3.63) is 29.6 Å². The lowest BCUT2D eigenvalue weighted by atomic mass is 10.2. The molecule has 0 aliphatic heterocycles. The summed E-state index contributed by atoms with van der Waals surface area (Å²) >= 11 is 0. The maximum atomic E-state index is 12.9. The van der Waals surface area contributed by atoms with E-state index in [1.807, 2.05) is 0 Å². The Hall–Kier alpha value is -1.61. The van der Waals surface area contributed by atoms with E-state index in [2.05, 4.69) is 0 Å². The van der Waals surface area contributed by atoms with Gasteiger partial charge in [0.25, 0.3) is 5.82 Å². The summed E-state index contributed by atoms with van der Waals surface area (Å²) in [6.07, 6.45) is -3.86. The van der Waals surface area contributed by atoms with Crippen LogP contribution in [0.15, 0.2) is 18.2 Å². The van der Waals surface area contributed by atoms with Crippen molar-refractivity contribution < 1.29 is 30.7 Å². The standard InChI is InChI=1S/C14H17F3N2O3S/c1-10-18(2)12-6-5-11(14(15,16)17)9-13(12)19(10)7-3-4-8-23(20,21)22/h5-6,9H,3-4,7-8H2,1-2H3. The third-order valence-corrected chi connectivity index (χ3v) is 4.65. The molecule has 1 aromatic carbocycles. The van der Waals surface area contributed by atoms with Crippen LogP contribution in [0.4, 0.5) is 13.2 Å². The van der Waals surface area contributed by atoms with Crippen molar-refractivity contribution in [3.63, 3.8) is 0 Å². The second kappa shape index (κ2) is 6.12. The zero-order valence-electron chi connectivity index (χ0n) is 12.7. The first kappa shape index (κ1) is 17.7. The minimum absolute atomic E-state index is 0.174. The van der Waals surface area contributed by atoms with Crippen LogP contribution in [-0.2, 0) is 29.9 Å². The van der Waals surface area contributed by atoms with E-state index >= 15 is 0 Å². The molecule has 0 saturated heterocycles. The number of fused-ring (bicyclic) bond motifs is 1. The molecule has 0 unspecified atom stereocenters. The van der Waals surface area contributed by atoms with Crippen LogP contribution in [0.2, 0.25) is 0 Å². The van der Waals surface area contributed by atoms with E-state index in [9.17, 15) is 26.1 Å². The molecule has 128 valence electrons. The maximum absolute atomic E-state index is 12.9. The van der Waals surface area contributed by atoms with Gasteiger partial charge in [-0.3, -0.25) is 0 Å². The largest absolute Gasteiger partial charge is 0.748 e. The minimum Gasteiger partial charge on any atom is -0.748 e. The van der Waals surface area contributed by atoms with Crippen LogP contribution >= 0.6 is 0 Å². The highest BCUT2D eigenvalue weighted by Crippen LogP contribution is 2.31. The van der Waals surface area contributed by atoms with E-state index < -0.39 is 27.6 Å². The summed E-state index contributed by atoms with van der Waals surface area (Å²) in [6, 6.07) is 3.55. The number of hydrogen-bond acceptors (Lipinski definition) is 3. The molecule has 0 spiro atoms. The fourth-order valence-corrected chi connectivity index (χ4v) is 3.12. The lowest BCUT2D eigenvalue weighted by Gasteiger charge is -2.07. The maximum Gasteiger partial charge on any atom is 0.416 e. The number of unbranched alkanes of at least 4 members (excludes halogenated alkanes) is 1. The van der Waals surface area contributed by atoms with Crippen LogP contribution in [0, 0.1) is 6.92 Å². The normalized spacial score (nSPS) is 13.0. The van der Waals surface area contributed by atoms with Crippen molar-refractivity contribution in [3.8, 4) is 0 Å². The summed E-state index contributed by atoms with van der Waals surface area (Å²) < 4.78 is 73.9. The molecular formula is C14H17F3N2O3S. The monoisotopic (exact) mass is 350 g/mol. The Morgan fingerprint density at radius 1 is 1.26 bits per heavy atom. The second-order valence-corrected chi connectivity index (χ2v) is 6.95. The molecule has 1 heterocycles. The van der Waals surface area contributed by atoms with E-state index in [1.54, 1.807) is 23.1 Å². The van der Waals surface area contributed by atoms with Crippen LogP contribution in [0.3, 0.4) is 0 Å². The van der Waals surface area contributed by atoms with Gasteiger partial charge in [0.2, 0.25) is 0 Å². The van der Waals surface area contributed by atoms with Crippen molar-refractivity contribution in [1.29, 1.82) is 0 Å². The SMILES string of the molecule is Cc1n(CCCCS(=O)(=O)[O-])c2cc(C(F)(F)F)ccc2[n+]1C. The highest BCUT2D eigenvalue weighted by Gasteiger charge is 2.32. The van der Waals surface area contributed by atoms with E-state index in [-0.39, 0.29) is 6.42 Å². The molecule has 1 aromatic heterocycles. The summed E-state index contributed by atoms with van der Waals surface area (Å²) in [5, 5.41) is 0. The van der Waals surface area contributed by atoms with Gasteiger partial charge in [0, 0.05) is 18.7 Å². The van der Waals surface area contributed by atoms with Gasteiger partial charge < -0.3 is 4.55 Å². The average molecular weight is 350 g/mol. The molecule has 0 aliphatic rings. The molecule has 0 aliphatic carbocycles. The molecule has 9 heteroatoms. The Labute approximate surface area is 132 Å². The highest BCUT2D eigenvalue weighted by atomic mass is 32.2. The van der Waals surface area contributed by atoms with Crippen molar-refractivity contribution in [2.24, 2.45) is 7.05 Å². The van der Waals surface area contributed by atoms with Gasteiger partial charge in [-0.15, -0.1) is 0 Å². The molecule has 0 amide bonds. The number of benzene rings is 1. The first-order valence-electron chi connectivity index (χ1n) is 7.00. The van der Waals surface area contributed by atoms with E-state index in [0.717, 1.165) is 18.0 Å². The molecule has 0 bridgehead atoms. The van der Waals surface area contributed by atoms with Gasteiger partial charge in [0.1, 0.15) is 0 Å². The molecule has 5 nitrogen and oxygen atoms in total. The van der Waals surface area contributed by atoms with E-state index in [1.165, 1.54) is 6.07 Å². The third-order valence-electron chi connectivity index (χ3n) is 3.86. The summed E-state index contributed by atoms with van der Waals surface area (Å²) in [4.78, 5) is 0. The lowest BCUT2D eigenvalue weighted by molar-refractivity contribution is -0.652. The molecule has 0 atom stereocenters. The number of alkyl halides is 3. The van der Waals surface area contributed by atoms with Crippen molar-refractivity contribution in [1.82, 2.24) is 4.57 Å². The van der Waals surface area contributed by atoms with Crippen LogP contribution in [0.25, 0.3) is 11.0 Å². The predicted molar refractivity (Wildman–Crippen MR) is 76.7 cm³/mol. The van der Waals surface area contributed by atoms with Gasteiger partial charge in [-0.2, -0.15) is 13.2 Å². The van der Waals surface area contributed by atoms with Gasteiger partial charge in [-0.05, 0) is 25.0 Å². The van der Waals surface area contributed by atoms with Crippen molar-refractivity contribution in [2.75, 3.05) is 5.75 Å². The Kier molecular flexibility index (Phi) is 4.72. The molecule has 0 saturated carbocycles. The lowest BCUT2D eigenvalue weighted by Crippen LogP contribution is -2.30. The zero-order chi connectivity index (χ0) is 17.4. The number of halogens is 3. The quantitative estimate of drug-likeness (QED) is 0.471. The Bertz CT molecular complexity index is 826. The summed E-state index contributed by atoms with van der Waals surface area (Å²) in [6.45, 7) is 2.12. The zero-order valence-corrected chi connectivity index (χ0v) is 13.5. The first-order chi connectivity index (χ1) is 10.5. The Balaban J connectivity index is 2.32. The molecular weight excluding hydrogens is 333 g/mol. The van der Waals surface area contributed by atoms with Crippen molar-refractivity contribution in [2.45, 2.75) is 32.5 Å². The minimum atomic E-state index is -4.42. The van der Waals surface area contributed by atoms with Gasteiger partial charge in [-0.25, -0.2) is 17.6 Å². The molecule has 23 heavy (non-hydrogen) atoms. The van der Waals surface area contributed by atoms with E-state index in [0.29, 0.717) is 24.0 Å². The fraction of sp³-hybridized carbons (Fsp3) is 0.500. The molecule has 0 radical (unpaired) electrons. The number of nitrogens with zero attached hydrogens (tertiary/aromatic N) is 2. The van der Waals surface area contributed by atoms with Gasteiger partial charge in [0.15, 0.2) is 11.0 Å². The van der Waals surface area contributed by atoms with Crippen molar-refractivity contribution >= 4 is 21.2 Å². The van der Waals surface area contributed by atoms with Gasteiger partial charge in [0.05, 0.1) is 29.3 Å². The second-order valence-electron chi connectivity index (χ2n) is 5.43. The summed E-state index contributed by atoms with van der Waals surface area (Å²) in [7, 11) is -2.51. The number of rotatable bonds is 5. The van der Waals surface area contributed by atoms with E-state index in [4.69, 9.17) is 0 Å². The van der Waals surface area contributed by atoms with Crippen LogP contribution in [-0.4, -0.2) is 23.3 Å². The fourth-order valence-electron chi connectivity index (χ4n) is 2.56. The number of imidazole rings is 1. The summed E-state index contributed by atoms with van der Waals surface area (Å²) in [5.41, 5.74) is 0.364. The smallest absolute Gasteiger partial charge is 0.416 e. The van der Waals surface area contributed by atoms with Gasteiger partial charge in [-0.1, -0.05) is 0 Å². The topological polar surface area (TPSA) is 66.0 Å². The number of aryl methyl sites for hydroxylation is 2.